The molecule has 1 amide bonds. The van der Waals surface area contributed by atoms with Gasteiger partial charge in [0.1, 0.15) is 11.5 Å². The Labute approximate surface area is 243 Å². The Kier molecular flexibility index (Phi) is 9.91. The molecule has 1 saturated heterocycles. The van der Waals surface area contributed by atoms with Crippen LogP contribution in [0.1, 0.15) is 21.9 Å². The van der Waals surface area contributed by atoms with Crippen molar-refractivity contribution < 1.29 is 50.9 Å². The fourth-order valence-corrected chi connectivity index (χ4v) is 4.28. The largest absolute Gasteiger partial charge is 0.490 e. The molecule has 1 aliphatic heterocycles. The van der Waals surface area contributed by atoms with Gasteiger partial charge in [-0.3, -0.25) is 9.20 Å². The van der Waals surface area contributed by atoms with Crippen LogP contribution in [-0.2, 0) is 16.1 Å². The SMILES string of the molecule is Cc1nnc2ccc3c(cc(C(=O)NC4CN(C)C4)n3Cc3cccc(Cl)c3)n12.O=C(O)C(F)(F)F.O=C(O)C(F)(F)F. The summed E-state index contributed by atoms with van der Waals surface area (Å²) < 4.78 is 67.5. The first-order valence-electron chi connectivity index (χ1n) is 12.1. The van der Waals surface area contributed by atoms with Crippen molar-refractivity contribution >= 4 is 46.1 Å². The van der Waals surface area contributed by atoms with Crippen molar-refractivity contribution in [2.75, 3.05) is 20.1 Å². The van der Waals surface area contributed by atoms with E-state index in [4.69, 9.17) is 31.4 Å². The van der Waals surface area contributed by atoms with Crippen LogP contribution in [-0.4, -0.2) is 90.7 Å². The van der Waals surface area contributed by atoms with E-state index >= 15 is 0 Å². The number of pyridine rings is 1. The predicted molar refractivity (Wildman–Crippen MR) is 140 cm³/mol. The number of halogens is 7. The van der Waals surface area contributed by atoms with Crippen LogP contribution >= 0.6 is 11.6 Å². The summed E-state index contributed by atoms with van der Waals surface area (Å²) in [6.07, 6.45) is -10.2. The zero-order chi connectivity index (χ0) is 32.3. The third-order valence-electron chi connectivity index (χ3n) is 5.95. The molecule has 43 heavy (non-hydrogen) atoms. The minimum atomic E-state index is -5.08. The number of nitrogens with one attached hydrogen (secondary N) is 1. The molecule has 3 aromatic heterocycles. The van der Waals surface area contributed by atoms with Gasteiger partial charge in [0.2, 0.25) is 0 Å². The quantitative estimate of drug-likeness (QED) is 0.286. The maximum Gasteiger partial charge on any atom is 0.490 e. The van der Waals surface area contributed by atoms with E-state index < -0.39 is 24.3 Å². The third kappa shape index (κ3) is 8.35. The molecular weight excluding hydrogens is 614 g/mol. The first kappa shape index (κ1) is 33.1. The molecule has 1 aromatic carbocycles. The minimum Gasteiger partial charge on any atom is -0.475 e. The summed E-state index contributed by atoms with van der Waals surface area (Å²) in [5.74, 6) is -4.79. The highest BCUT2D eigenvalue weighted by atomic mass is 35.5. The van der Waals surface area contributed by atoms with Crippen molar-refractivity contribution in [1.82, 2.24) is 29.4 Å². The van der Waals surface area contributed by atoms with Crippen LogP contribution in [0.2, 0.25) is 5.02 Å². The molecule has 0 saturated carbocycles. The van der Waals surface area contributed by atoms with Gasteiger partial charge >= 0.3 is 24.3 Å². The monoisotopic (exact) mass is 636 g/mol. The fraction of sp³-hybridized carbons (Fsp3) is 0.320. The summed E-state index contributed by atoms with van der Waals surface area (Å²) in [6, 6.07) is 13.8. The molecule has 232 valence electrons. The van der Waals surface area contributed by atoms with Crippen molar-refractivity contribution in [2.24, 2.45) is 0 Å². The molecule has 0 aliphatic carbocycles. The molecule has 0 atom stereocenters. The van der Waals surface area contributed by atoms with Gasteiger partial charge in [-0.25, -0.2) is 9.59 Å². The van der Waals surface area contributed by atoms with Crippen LogP contribution in [0.25, 0.3) is 16.7 Å². The normalized spacial score (nSPS) is 13.9. The Morgan fingerprint density at radius 3 is 2.05 bits per heavy atom. The summed E-state index contributed by atoms with van der Waals surface area (Å²) in [5.41, 5.74) is 4.30. The molecule has 3 N–H and O–H groups in total. The van der Waals surface area contributed by atoms with E-state index in [9.17, 15) is 31.1 Å². The molecule has 5 rings (SSSR count). The number of likely N-dealkylation sites (N-methyl/N-ethyl adjacent to an activating group) is 1. The molecule has 1 aliphatic rings. The number of carbonyl (C=O) groups excluding carboxylic acids is 1. The lowest BCUT2D eigenvalue weighted by Gasteiger charge is -2.36. The summed E-state index contributed by atoms with van der Waals surface area (Å²) in [6.45, 7) is 4.20. The summed E-state index contributed by atoms with van der Waals surface area (Å²) in [7, 11) is 2.05. The average Bonchev–Trinajstić information content (AvgIpc) is 3.43. The fourth-order valence-electron chi connectivity index (χ4n) is 4.07. The van der Waals surface area contributed by atoms with E-state index in [0.29, 0.717) is 17.3 Å². The van der Waals surface area contributed by atoms with Gasteiger partial charge in [0.25, 0.3) is 5.91 Å². The highest BCUT2D eigenvalue weighted by Gasteiger charge is 2.39. The number of aryl methyl sites for hydroxylation is 1. The zero-order valence-corrected chi connectivity index (χ0v) is 23.0. The number of likely N-dealkylation sites (tertiary alicyclic amines) is 1. The van der Waals surface area contributed by atoms with Crippen molar-refractivity contribution in [3.8, 4) is 0 Å². The number of fused-ring (bicyclic) bond motifs is 3. The first-order chi connectivity index (χ1) is 19.9. The average molecular weight is 637 g/mol. The number of aliphatic carboxylic acids is 2. The molecule has 0 bridgehead atoms. The Bertz CT molecular complexity index is 1620. The number of benzene rings is 1. The summed E-state index contributed by atoms with van der Waals surface area (Å²) in [5, 5.41) is 26.5. The number of carboxylic acid groups (broad SMARTS) is 2. The number of amides is 1. The lowest BCUT2D eigenvalue weighted by Crippen LogP contribution is -2.57. The van der Waals surface area contributed by atoms with Crippen LogP contribution in [0.5, 0.6) is 0 Å². The molecule has 0 radical (unpaired) electrons. The van der Waals surface area contributed by atoms with Crippen molar-refractivity contribution in [1.29, 1.82) is 0 Å². The van der Waals surface area contributed by atoms with Crippen molar-refractivity contribution in [2.45, 2.75) is 31.9 Å². The first-order valence-corrected chi connectivity index (χ1v) is 12.4. The van der Waals surface area contributed by atoms with Gasteiger partial charge in [-0.2, -0.15) is 26.3 Å². The molecule has 4 aromatic rings. The van der Waals surface area contributed by atoms with Crippen LogP contribution in [0.15, 0.2) is 42.5 Å². The Morgan fingerprint density at radius 2 is 1.53 bits per heavy atom. The second kappa shape index (κ2) is 12.9. The van der Waals surface area contributed by atoms with Crippen LogP contribution in [0, 0.1) is 6.92 Å². The van der Waals surface area contributed by atoms with Crippen LogP contribution in [0.4, 0.5) is 26.3 Å². The third-order valence-corrected chi connectivity index (χ3v) is 6.18. The lowest BCUT2D eigenvalue weighted by atomic mass is 10.1. The van der Waals surface area contributed by atoms with Crippen LogP contribution in [0.3, 0.4) is 0 Å². The molecule has 4 heterocycles. The molecule has 18 heteroatoms. The van der Waals surface area contributed by atoms with E-state index in [1.165, 1.54) is 0 Å². The highest BCUT2D eigenvalue weighted by molar-refractivity contribution is 6.30. The lowest BCUT2D eigenvalue weighted by molar-refractivity contribution is -0.193. The van der Waals surface area contributed by atoms with Gasteiger partial charge in [0, 0.05) is 24.7 Å². The van der Waals surface area contributed by atoms with Gasteiger partial charge in [0.15, 0.2) is 5.65 Å². The number of rotatable bonds is 4. The molecular formula is C25H23ClF6N6O5. The molecule has 11 nitrogen and oxygen atoms in total. The minimum absolute atomic E-state index is 0.0693. The standard InChI is InChI=1S/C21H21ClN6O.2C2HF3O2/c1-13-24-25-20-7-6-17-18(28(13)20)9-19(21(29)23-16-11-26(2)12-16)27(17)10-14-4-3-5-15(22)8-14;2*3-2(4,5)1(6)7/h3-9,16H,10-12H2,1-2H3,(H,23,29);2*(H,6,7). The predicted octanol–water partition coefficient (Wildman–Crippen LogP) is 4.00. The molecule has 0 spiro atoms. The second-order valence-corrected chi connectivity index (χ2v) is 9.72. The number of aromatic nitrogens is 4. The number of hydrogen-bond donors (Lipinski definition) is 3. The zero-order valence-electron chi connectivity index (χ0n) is 22.2. The van der Waals surface area contributed by atoms with Gasteiger partial charge < -0.3 is 25.0 Å². The van der Waals surface area contributed by atoms with Crippen molar-refractivity contribution in [3.63, 3.8) is 0 Å². The smallest absolute Gasteiger partial charge is 0.475 e. The van der Waals surface area contributed by atoms with Crippen molar-refractivity contribution in [3.05, 3.63) is 64.6 Å². The number of carbonyl (C=O) groups is 3. The van der Waals surface area contributed by atoms with E-state index in [1.807, 2.05) is 65.4 Å². The maximum atomic E-state index is 13.1. The molecule has 1 fully saturated rings. The molecule has 0 unspecified atom stereocenters. The number of alkyl halides is 6. The van der Waals surface area contributed by atoms with E-state index in [-0.39, 0.29) is 11.9 Å². The number of hydrogen-bond acceptors (Lipinski definition) is 6. The Balaban J connectivity index is 0.000000303. The van der Waals surface area contributed by atoms with E-state index in [1.54, 1.807) is 0 Å². The number of nitrogens with zero attached hydrogens (tertiary/aromatic N) is 5. The summed E-state index contributed by atoms with van der Waals surface area (Å²) >= 11 is 6.18. The Morgan fingerprint density at radius 1 is 0.953 bits per heavy atom. The van der Waals surface area contributed by atoms with Gasteiger partial charge in [0.05, 0.1) is 17.1 Å². The summed E-state index contributed by atoms with van der Waals surface area (Å²) in [4.78, 5) is 33.1. The maximum absolute atomic E-state index is 13.1. The topological polar surface area (TPSA) is 142 Å². The van der Waals surface area contributed by atoms with E-state index in [0.717, 1.165) is 41.2 Å². The van der Waals surface area contributed by atoms with E-state index in [2.05, 4.69) is 20.4 Å². The second-order valence-electron chi connectivity index (χ2n) is 9.29. The van der Waals surface area contributed by atoms with Gasteiger partial charge in [-0.05, 0) is 49.9 Å². The van der Waals surface area contributed by atoms with Crippen LogP contribution < -0.4 is 5.32 Å². The van der Waals surface area contributed by atoms with Gasteiger partial charge in [-0.15, -0.1) is 10.2 Å². The Hall–Kier alpha value is -4.38. The van der Waals surface area contributed by atoms with Gasteiger partial charge in [-0.1, -0.05) is 23.7 Å². The number of carboxylic acids is 2. The highest BCUT2D eigenvalue weighted by Crippen LogP contribution is 2.25.